The van der Waals surface area contributed by atoms with E-state index in [0.29, 0.717) is 12.8 Å². The lowest BCUT2D eigenvalue weighted by Gasteiger charge is -2.41. The van der Waals surface area contributed by atoms with E-state index in [1.165, 1.54) is 96.0 Å². The number of carbonyl (C=O) groups excluding carboxylic acids is 1. The molecule has 1 aliphatic rings. The molecule has 1 amide bonds. The molecule has 65 heavy (non-hydrogen) atoms. The molecule has 0 saturated carbocycles. The van der Waals surface area contributed by atoms with Crippen molar-refractivity contribution in [2.24, 2.45) is 0 Å². The average molecular weight is 942 g/mol. The summed E-state index contributed by atoms with van der Waals surface area (Å²) in [7, 11) is -5.13. The van der Waals surface area contributed by atoms with Crippen molar-refractivity contribution in [1.29, 1.82) is 0 Å². The van der Waals surface area contributed by atoms with Gasteiger partial charge in [0.25, 0.3) is 0 Å². The molecule has 1 heterocycles. The average Bonchev–Trinajstić information content (AvgIpc) is 3.28. The number of aliphatic hydroxyl groups excluding tert-OH is 5. The third kappa shape index (κ3) is 33.0. The molecule has 8 atom stereocenters. The van der Waals surface area contributed by atoms with E-state index >= 15 is 0 Å². The predicted molar refractivity (Wildman–Crippen MR) is 260 cm³/mol. The Bertz CT molecular complexity index is 1400. The minimum Gasteiger partial charge on any atom is -0.394 e. The second-order valence-corrected chi connectivity index (χ2v) is 18.6. The van der Waals surface area contributed by atoms with Crippen LogP contribution in [0.25, 0.3) is 0 Å². The predicted octanol–water partition coefficient (Wildman–Crippen LogP) is 9.58. The highest BCUT2D eigenvalue weighted by atomic mass is 32.3. The lowest BCUT2D eigenvalue weighted by molar-refractivity contribution is -0.298. The monoisotopic (exact) mass is 942 g/mol. The summed E-state index contributed by atoms with van der Waals surface area (Å²) in [5.41, 5.74) is 0. The summed E-state index contributed by atoms with van der Waals surface area (Å²) in [6.45, 7) is 3.17. The van der Waals surface area contributed by atoms with Gasteiger partial charge < -0.3 is 40.3 Å². The van der Waals surface area contributed by atoms with Gasteiger partial charge in [0, 0.05) is 0 Å². The van der Waals surface area contributed by atoms with Gasteiger partial charge in [-0.3, -0.25) is 9.35 Å². The molecular formula is C51H91NO12S. The topological polar surface area (TPSA) is 212 Å². The van der Waals surface area contributed by atoms with Gasteiger partial charge in [-0.25, -0.2) is 4.18 Å². The molecule has 8 unspecified atom stereocenters. The molecule has 0 bridgehead atoms. The molecule has 0 radical (unpaired) electrons. The molecule has 378 valence electrons. The highest BCUT2D eigenvalue weighted by Crippen LogP contribution is 2.26. The van der Waals surface area contributed by atoms with Crippen LogP contribution in [0.2, 0.25) is 0 Å². The van der Waals surface area contributed by atoms with Crippen molar-refractivity contribution in [1.82, 2.24) is 5.32 Å². The van der Waals surface area contributed by atoms with Crippen LogP contribution in [0, 0.1) is 0 Å². The molecule has 1 aliphatic heterocycles. The Kier molecular flexibility index (Phi) is 38.1. The van der Waals surface area contributed by atoms with Crippen LogP contribution < -0.4 is 5.32 Å². The SMILES string of the molecule is CCCCCC/C=C/CC/C=C/CC/C=C/C(O)C(COC1OC(CO)C(O)C(OS(=O)(=O)O)C1O)NC(=O)C(O)CCCCCCCC/C=C\C/C=C\CCCCCCCCCCC. The van der Waals surface area contributed by atoms with Crippen LogP contribution >= 0.6 is 0 Å². The van der Waals surface area contributed by atoms with E-state index in [2.05, 4.69) is 72.0 Å². The number of hydrogen-bond donors (Lipinski definition) is 7. The largest absolute Gasteiger partial charge is 0.397 e. The Morgan fingerprint density at radius 2 is 1.08 bits per heavy atom. The maximum absolute atomic E-state index is 13.1. The summed E-state index contributed by atoms with van der Waals surface area (Å²) in [5, 5.41) is 55.2. The van der Waals surface area contributed by atoms with E-state index in [4.69, 9.17) is 9.47 Å². The maximum Gasteiger partial charge on any atom is 0.397 e. The fourth-order valence-electron chi connectivity index (χ4n) is 7.58. The molecule has 0 aromatic heterocycles. The van der Waals surface area contributed by atoms with E-state index in [-0.39, 0.29) is 6.42 Å². The second-order valence-electron chi connectivity index (χ2n) is 17.5. The zero-order valence-corrected chi connectivity index (χ0v) is 41.0. The summed E-state index contributed by atoms with van der Waals surface area (Å²) >= 11 is 0. The molecule has 13 nitrogen and oxygen atoms in total. The van der Waals surface area contributed by atoms with E-state index in [1.54, 1.807) is 6.08 Å². The number of allylic oxidation sites excluding steroid dienone is 9. The number of unbranched alkanes of at least 4 members (excludes halogenated alkanes) is 21. The van der Waals surface area contributed by atoms with Crippen LogP contribution in [-0.2, 0) is 28.9 Å². The highest BCUT2D eigenvalue weighted by molar-refractivity contribution is 7.80. The maximum atomic E-state index is 13.1. The number of ether oxygens (including phenoxy) is 2. The van der Waals surface area contributed by atoms with E-state index in [0.717, 1.165) is 70.6 Å². The Morgan fingerprint density at radius 3 is 1.58 bits per heavy atom. The summed E-state index contributed by atoms with van der Waals surface area (Å²) in [6, 6.07) is -1.15. The van der Waals surface area contributed by atoms with Gasteiger partial charge in [-0.1, -0.05) is 177 Å². The van der Waals surface area contributed by atoms with Crippen LogP contribution in [0.4, 0.5) is 0 Å². The highest BCUT2D eigenvalue weighted by Gasteiger charge is 2.48. The Hall–Kier alpha value is -2.24. The number of carbonyl (C=O) groups is 1. The van der Waals surface area contributed by atoms with Gasteiger partial charge >= 0.3 is 10.4 Å². The number of rotatable bonds is 42. The first-order valence-corrected chi connectivity index (χ1v) is 26.6. The lowest BCUT2D eigenvalue weighted by atomic mass is 9.99. The number of amides is 1. The van der Waals surface area contributed by atoms with Crippen molar-refractivity contribution >= 4 is 16.3 Å². The quantitative estimate of drug-likeness (QED) is 0.0173. The van der Waals surface area contributed by atoms with Gasteiger partial charge in [0.05, 0.1) is 25.4 Å². The van der Waals surface area contributed by atoms with E-state index < -0.39 is 78.5 Å². The third-order valence-corrected chi connectivity index (χ3v) is 12.1. The molecule has 0 aromatic rings. The smallest absolute Gasteiger partial charge is 0.394 e. The fraction of sp³-hybridized carbons (Fsp3) is 0.784. The Labute approximate surface area is 393 Å². The minimum atomic E-state index is -5.13. The third-order valence-electron chi connectivity index (χ3n) is 11.6. The van der Waals surface area contributed by atoms with Crippen molar-refractivity contribution in [3.05, 3.63) is 60.8 Å². The van der Waals surface area contributed by atoms with Crippen LogP contribution in [0.15, 0.2) is 60.8 Å². The number of hydrogen-bond acceptors (Lipinski definition) is 11. The van der Waals surface area contributed by atoms with Crippen molar-refractivity contribution < 1.29 is 57.0 Å². The molecule has 0 aromatic carbocycles. The molecule has 1 saturated heterocycles. The van der Waals surface area contributed by atoms with Gasteiger partial charge in [0.15, 0.2) is 6.29 Å². The molecule has 0 aliphatic carbocycles. The standard InChI is InChI=1S/C51H91NO12S/c1-3-5-7-9-11-13-15-17-19-20-21-22-23-24-25-26-28-30-32-34-36-38-40-45(55)50(58)52-43(42-62-51-48(57)49(64-65(59,60)61)47(56)46(41-53)63-51)44(54)39-37-35-33-31-29-27-18-16-14-12-10-8-6-4-2/h14,16,21-22,24-25,29,31,37,39,43-49,51,53-57H,3-13,15,17-20,23,26-28,30,32-36,38,40-42H2,1-2H3,(H,52,58)(H,59,60,61)/b16-14+,22-21-,25-24-,31-29+,39-37+. The fourth-order valence-corrected chi connectivity index (χ4v) is 8.09. The summed E-state index contributed by atoms with van der Waals surface area (Å²) in [5.74, 6) is -0.726. The first-order valence-electron chi connectivity index (χ1n) is 25.3. The van der Waals surface area contributed by atoms with Crippen molar-refractivity contribution in [3.8, 4) is 0 Å². The van der Waals surface area contributed by atoms with Crippen LogP contribution in [-0.4, -0.2) is 107 Å². The van der Waals surface area contributed by atoms with E-state index in [1.807, 2.05) is 0 Å². The molecule has 1 fully saturated rings. The molecular weight excluding hydrogens is 851 g/mol. The number of aliphatic hydroxyl groups is 5. The normalized spacial score (nSPS) is 21.1. The van der Waals surface area contributed by atoms with Gasteiger partial charge in [0.2, 0.25) is 5.91 Å². The zero-order valence-electron chi connectivity index (χ0n) is 40.1. The number of nitrogens with one attached hydrogen (secondary N) is 1. The van der Waals surface area contributed by atoms with Gasteiger partial charge in [-0.15, -0.1) is 0 Å². The lowest BCUT2D eigenvalue weighted by Crippen LogP contribution is -2.61. The zero-order chi connectivity index (χ0) is 47.8. The minimum absolute atomic E-state index is 0.219. The Morgan fingerprint density at radius 1 is 0.631 bits per heavy atom. The molecule has 14 heteroatoms. The van der Waals surface area contributed by atoms with Crippen molar-refractivity contribution in [3.63, 3.8) is 0 Å². The van der Waals surface area contributed by atoms with Gasteiger partial charge in [-0.05, 0) is 77.0 Å². The first-order chi connectivity index (χ1) is 31.4. The van der Waals surface area contributed by atoms with Crippen molar-refractivity contribution in [2.75, 3.05) is 13.2 Å². The van der Waals surface area contributed by atoms with Crippen LogP contribution in [0.5, 0.6) is 0 Å². The summed E-state index contributed by atoms with van der Waals surface area (Å²) in [4.78, 5) is 13.1. The van der Waals surface area contributed by atoms with Gasteiger partial charge in [-0.2, -0.15) is 8.42 Å². The summed E-state index contributed by atoms with van der Waals surface area (Å²) < 4.78 is 47.5. The van der Waals surface area contributed by atoms with Crippen molar-refractivity contribution in [2.45, 2.75) is 243 Å². The Balaban J connectivity index is 2.53. The van der Waals surface area contributed by atoms with Crippen LogP contribution in [0.1, 0.15) is 194 Å². The second kappa shape index (κ2) is 40.8. The van der Waals surface area contributed by atoms with E-state index in [9.17, 15) is 43.3 Å². The van der Waals surface area contributed by atoms with Gasteiger partial charge in [0.1, 0.15) is 30.5 Å². The van der Waals surface area contributed by atoms with Crippen LogP contribution in [0.3, 0.4) is 0 Å². The molecule has 1 rings (SSSR count). The summed E-state index contributed by atoms with van der Waals surface area (Å²) in [6.07, 6.45) is 40.2. The molecule has 7 N–H and O–H groups in total. The first kappa shape index (κ1) is 60.8. The molecule has 0 spiro atoms.